The van der Waals surface area contributed by atoms with Crippen LogP contribution in [0.4, 0.5) is 5.69 Å². The molecule has 2 heterocycles. The van der Waals surface area contributed by atoms with Crippen molar-refractivity contribution in [3.63, 3.8) is 0 Å². The third-order valence-electron chi connectivity index (χ3n) is 5.33. The zero-order chi connectivity index (χ0) is 21.5. The minimum Gasteiger partial charge on any atom is -0.374 e. The molecule has 0 saturated heterocycles. The van der Waals surface area contributed by atoms with Gasteiger partial charge in [0.1, 0.15) is 0 Å². The molecule has 4 rings (SSSR count). The Bertz CT molecular complexity index is 1210. The highest BCUT2D eigenvalue weighted by atomic mass is 15.0. The van der Waals surface area contributed by atoms with Gasteiger partial charge in [-0.1, -0.05) is 48.4 Å². The standard InChI is InChI=1S/C27H28N4/c1-3-31-25(12-8-15-30-24-14-16-29-21(2)17-24)18-26-23(11-7-13-27(26)31)20-28-19-22-9-5-4-6-10-22/h4-7,9-11,13-14,16-18,28H,3,15,19-20H2,1-2H3,(H,29,30). The highest BCUT2D eigenvalue weighted by molar-refractivity contribution is 5.85. The van der Waals surface area contributed by atoms with Crippen molar-refractivity contribution in [3.8, 4) is 11.8 Å². The number of fused-ring (bicyclic) bond motifs is 1. The lowest BCUT2D eigenvalue weighted by Crippen LogP contribution is -2.12. The fourth-order valence-electron chi connectivity index (χ4n) is 3.82. The van der Waals surface area contributed by atoms with Crippen molar-refractivity contribution in [2.24, 2.45) is 0 Å². The molecule has 0 spiro atoms. The molecule has 31 heavy (non-hydrogen) atoms. The van der Waals surface area contributed by atoms with E-state index in [9.17, 15) is 0 Å². The lowest BCUT2D eigenvalue weighted by Gasteiger charge is -2.08. The van der Waals surface area contributed by atoms with Crippen LogP contribution in [0.25, 0.3) is 10.9 Å². The molecule has 4 aromatic rings. The van der Waals surface area contributed by atoms with Crippen LogP contribution in [0, 0.1) is 18.8 Å². The lowest BCUT2D eigenvalue weighted by atomic mass is 10.1. The van der Waals surface area contributed by atoms with E-state index in [2.05, 4.69) is 87.5 Å². The summed E-state index contributed by atoms with van der Waals surface area (Å²) in [5.41, 5.74) is 6.93. The van der Waals surface area contributed by atoms with Gasteiger partial charge in [-0.15, -0.1) is 0 Å². The Morgan fingerprint density at radius 3 is 2.65 bits per heavy atom. The van der Waals surface area contributed by atoms with Gasteiger partial charge >= 0.3 is 0 Å². The van der Waals surface area contributed by atoms with Gasteiger partial charge in [0.25, 0.3) is 0 Å². The Morgan fingerprint density at radius 2 is 1.84 bits per heavy atom. The second-order valence-electron chi connectivity index (χ2n) is 7.55. The zero-order valence-electron chi connectivity index (χ0n) is 18.2. The molecule has 0 aliphatic heterocycles. The summed E-state index contributed by atoms with van der Waals surface area (Å²) in [7, 11) is 0. The number of aryl methyl sites for hydroxylation is 2. The number of nitrogens with zero attached hydrogens (tertiary/aromatic N) is 2. The summed E-state index contributed by atoms with van der Waals surface area (Å²) in [5.74, 6) is 6.63. The summed E-state index contributed by atoms with van der Waals surface area (Å²) in [6.45, 7) is 7.34. The van der Waals surface area contributed by atoms with Gasteiger partial charge < -0.3 is 15.2 Å². The molecule has 0 aliphatic carbocycles. The first-order chi connectivity index (χ1) is 15.2. The van der Waals surface area contributed by atoms with E-state index in [4.69, 9.17) is 0 Å². The molecule has 2 aromatic carbocycles. The topological polar surface area (TPSA) is 41.9 Å². The SMILES string of the molecule is CCn1c(C#CCNc2ccnc(C)c2)cc2c(CNCc3ccccc3)cccc21. The van der Waals surface area contributed by atoms with Gasteiger partial charge in [-0.25, -0.2) is 0 Å². The number of anilines is 1. The van der Waals surface area contributed by atoms with E-state index in [1.807, 2.05) is 31.3 Å². The van der Waals surface area contributed by atoms with Crippen molar-refractivity contribution in [3.05, 3.63) is 95.4 Å². The van der Waals surface area contributed by atoms with Gasteiger partial charge in [0.15, 0.2) is 0 Å². The molecule has 0 fully saturated rings. The van der Waals surface area contributed by atoms with Crippen LogP contribution >= 0.6 is 0 Å². The summed E-state index contributed by atoms with van der Waals surface area (Å²) < 4.78 is 2.29. The van der Waals surface area contributed by atoms with Gasteiger partial charge in [0.05, 0.1) is 12.2 Å². The van der Waals surface area contributed by atoms with Crippen LogP contribution in [0.5, 0.6) is 0 Å². The number of hydrogen-bond acceptors (Lipinski definition) is 3. The highest BCUT2D eigenvalue weighted by Gasteiger charge is 2.09. The molecule has 0 unspecified atom stereocenters. The molecule has 2 N–H and O–H groups in total. The number of pyridine rings is 1. The molecule has 0 atom stereocenters. The first kappa shape index (κ1) is 20.7. The van der Waals surface area contributed by atoms with Crippen LogP contribution in [0.1, 0.15) is 29.4 Å². The number of rotatable bonds is 7. The van der Waals surface area contributed by atoms with Crippen molar-refractivity contribution >= 4 is 16.6 Å². The second kappa shape index (κ2) is 9.97. The number of benzene rings is 2. The minimum absolute atomic E-state index is 0.597. The summed E-state index contributed by atoms with van der Waals surface area (Å²) in [5, 5.41) is 8.19. The minimum atomic E-state index is 0.597. The molecule has 4 heteroatoms. The molecule has 0 bridgehead atoms. The predicted octanol–water partition coefficient (Wildman–Crippen LogP) is 5.12. The largest absolute Gasteiger partial charge is 0.374 e. The normalized spacial score (nSPS) is 10.6. The fraction of sp³-hybridized carbons (Fsp3) is 0.222. The molecular formula is C27H28N4. The van der Waals surface area contributed by atoms with Crippen molar-refractivity contribution in [2.45, 2.75) is 33.5 Å². The van der Waals surface area contributed by atoms with E-state index in [0.717, 1.165) is 36.7 Å². The maximum Gasteiger partial charge on any atom is 0.0931 e. The smallest absolute Gasteiger partial charge is 0.0931 e. The molecule has 0 amide bonds. The Kier molecular flexibility index (Phi) is 6.66. The molecule has 0 saturated carbocycles. The maximum absolute atomic E-state index is 4.22. The van der Waals surface area contributed by atoms with Crippen LogP contribution < -0.4 is 10.6 Å². The quantitative estimate of drug-likeness (QED) is 0.417. The van der Waals surface area contributed by atoms with Crippen molar-refractivity contribution < 1.29 is 0 Å². The summed E-state index contributed by atoms with van der Waals surface area (Å²) >= 11 is 0. The van der Waals surface area contributed by atoms with Crippen molar-refractivity contribution in [1.82, 2.24) is 14.9 Å². The second-order valence-corrected chi connectivity index (χ2v) is 7.55. The summed E-state index contributed by atoms with van der Waals surface area (Å²) in [6.07, 6.45) is 1.81. The van der Waals surface area contributed by atoms with E-state index in [1.165, 1.54) is 22.0 Å². The molecule has 0 aliphatic rings. The average molecular weight is 409 g/mol. The van der Waals surface area contributed by atoms with Gasteiger partial charge in [0, 0.05) is 48.1 Å². The van der Waals surface area contributed by atoms with Crippen LogP contribution in [0.3, 0.4) is 0 Å². The molecular weight excluding hydrogens is 380 g/mol. The summed E-state index contributed by atoms with van der Waals surface area (Å²) in [6, 6.07) is 23.2. The van der Waals surface area contributed by atoms with Crippen LogP contribution in [-0.2, 0) is 19.6 Å². The lowest BCUT2D eigenvalue weighted by molar-refractivity contribution is 0.696. The Balaban J connectivity index is 1.48. The molecule has 2 aromatic heterocycles. The summed E-state index contributed by atoms with van der Waals surface area (Å²) in [4.78, 5) is 4.22. The first-order valence-electron chi connectivity index (χ1n) is 10.8. The predicted molar refractivity (Wildman–Crippen MR) is 129 cm³/mol. The number of hydrogen-bond donors (Lipinski definition) is 2. The number of nitrogens with one attached hydrogen (secondary N) is 2. The van der Waals surface area contributed by atoms with E-state index >= 15 is 0 Å². The highest BCUT2D eigenvalue weighted by Crippen LogP contribution is 2.23. The molecule has 156 valence electrons. The zero-order valence-corrected chi connectivity index (χ0v) is 18.2. The van der Waals surface area contributed by atoms with Crippen LogP contribution in [0.15, 0.2) is 72.9 Å². The van der Waals surface area contributed by atoms with Gasteiger partial charge in [-0.2, -0.15) is 0 Å². The van der Waals surface area contributed by atoms with Crippen LogP contribution in [-0.4, -0.2) is 16.1 Å². The van der Waals surface area contributed by atoms with Gasteiger partial charge in [0.2, 0.25) is 0 Å². The third-order valence-corrected chi connectivity index (χ3v) is 5.33. The van der Waals surface area contributed by atoms with E-state index < -0.39 is 0 Å². The molecule has 4 nitrogen and oxygen atoms in total. The monoisotopic (exact) mass is 408 g/mol. The van der Waals surface area contributed by atoms with Gasteiger partial charge in [-0.05, 0) is 55.2 Å². The Morgan fingerprint density at radius 1 is 0.968 bits per heavy atom. The van der Waals surface area contributed by atoms with Crippen molar-refractivity contribution in [1.29, 1.82) is 0 Å². The Labute approximate surface area is 184 Å². The fourth-order valence-corrected chi connectivity index (χ4v) is 3.82. The maximum atomic E-state index is 4.22. The Hall–Kier alpha value is -3.55. The van der Waals surface area contributed by atoms with E-state index in [-0.39, 0.29) is 0 Å². The van der Waals surface area contributed by atoms with Crippen molar-refractivity contribution in [2.75, 3.05) is 11.9 Å². The third kappa shape index (κ3) is 5.14. The van der Waals surface area contributed by atoms with Crippen LogP contribution in [0.2, 0.25) is 0 Å². The average Bonchev–Trinajstić information content (AvgIpc) is 3.16. The van der Waals surface area contributed by atoms with E-state index in [1.54, 1.807) is 0 Å². The number of aromatic nitrogens is 2. The van der Waals surface area contributed by atoms with Gasteiger partial charge in [-0.3, -0.25) is 4.98 Å². The van der Waals surface area contributed by atoms with E-state index in [0.29, 0.717) is 6.54 Å². The molecule has 0 radical (unpaired) electrons. The first-order valence-corrected chi connectivity index (χ1v) is 10.8.